The predicted octanol–water partition coefficient (Wildman–Crippen LogP) is 6.05. The Kier molecular flexibility index (Phi) is 6.36. The van der Waals surface area contributed by atoms with Crippen molar-refractivity contribution in [3.63, 3.8) is 0 Å². The van der Waals surface area contributed by atoms with Gasteiger partial charge >= 0.3 is 6.16 Å². The van der Waals surface area contributed by atoms with Gasteiger partial charge in [0, 0.05) is 17.8 Å². The SMILES string of the molecule is CC1(C)Cc2cc(OC(=O)O)ccc2NC1c1cccc(NC(=O)CCc2ccccc2)c1. The van der Waals surface area contributed by atoms with Gasteiger partial charge in [-0.1, -0.05) is 56.3 Å². The van der Waals surface area contributed by atoms with Crippen LogP contribution in [0.3, 0.4) is 0 Å². The van der Waals surface area contributed by atoms with Crippen molar-refractivity contribution in [2.24, 2.45) is 5.41 Å². The van der Waals surface area contributed by atoms with E-state index in [1.807, 2.05) is 54.6 Å². The number of nitrogens with one attached hydrogen (secondary N) is 2. The van der Waals surface area contributed by atoms with E-state index in [2.05, 4.69) is 30.5 Å². The zero-order valence-electron chi connectivity index (χ0n) is 18.8. The molecular formula is C27H28N2O4. The summed E-state index contributed by atoms with van der Waals surface area (Å²) in [5.41, 5.74) is 4.82. The molecule has 33 heavy (non-hydrogen) atoms. The highest BCUT2D eigenvalue weighted by Crippen LogP contribution is 2.45. The Morgan fingerprint density at radius 2 is 1.85 bits per heavy atom. The topological polar surface area (TPSA) is 87.7 Å². The summed E-state index contributed by atoms with van der Waals surface area (Å²) in [6.45, 7) is 4.34. The fourth-order valence-electron chi connectivity index (χ4n) is 4.42. The summed E-state index contributed by atoms with van der Waals surface area (Å²) in [5.74, 6) is 0.306. The van der Waals surface area contributed by atoms with E-state index in [4.69, 9.17) is 9.84 Å². The van der Waals surface area contributed by atoms with Gasteiger partial charge in [-0.3, -0.25) is 4.79 Å². The maximum absolute atomic E-state index is 12.5. The van der Waals surface area contributed by atoms with Crippen molar-refractivity contribution >= 4 is 23.4 Å². The molecule has 6 nitrogen and oxygen atoms in total. The number of anilines is 2. The monoisotopic (exact) mass is 444 g/mol. The summed E-state index contributed by atoms with van der Waals surface area (Å²) in [7, 11) is 0. The Morgan fingerprint density at radius 1 is 1.06 bits per heavy atom. The molecule has 0 aliphatic carbocycles. The van der Waals surface area contributed by atoms with Crippen LogP contribution in [-0.4, -0.2) is 17.2 Å². The second-order valence-electron chi connectivity index (χ2n) is 9.09. The maximum atomic E-state index is 12.5. The molecule has 4 rings (SSSR count). The molecule has 1 aliphatic rings. The number of hydrogen-bond donors (Lipinski definition) is 3. The van der Waals surface area contributed by atoms with Gasteiger partial charge in [0.05, 0.1) is 6.04 Å². The van der Waals surface area contributed by atoms with Crippen LogP contribution >= 0.6 is 0 Å². The van der Waals surface area contributed by atoms with E-state index in [-0.39, 0.29) is 17.4 Å². The Morgan fingerprint density at radius 3 is 2.61 bits per heavy atom. The molecule has 1 aliphatic heterocycles. The number of hydrogen-bond acceptors (Lipinski definition) is 4. The van der Waals surface area contributed by atoms with Gasteiger partial charge in [0.25, 0.3) is 0 Å². The third-order valence-electron chi connectivity index (χ3n) is 6.00. The molecule has 3 N–H and O–H groups in total. The van der Waals surface area contributed by atoms with Gasteiger partial charge in [0.15, 0.2) is 0 Å². The molecule has 1 amide bonds. The lowest BCUT2D eigenvalue weighted by Crippen LogP contribution is -2.35. The molecule has 170 valence electrons. The first-order chi connectivity index (χ1) is 15.8. The molecule has 0 aromatic heterocycles. The molecule has 1 heterocycles. The van der Waals surface area contributed by atoms with Crippen LogP contribution in [0, 0.1) is 5.41 Å². The Bertz CT molecular complexity index is 1160. The highest BCUT2D eigenvalue weighted by molar-refractivity contribution is 5.91. The normalized spacial score (nSPS) is 16.2. The average molecular weight is 445 g/mol. The Balaban J connectivity index is 1.47. The van der Waals surface area contributed by atoms with Crippen molar-refractivity contribution in [3.8, 4) is 5.75 Å². The minimum Gasteiger partial charge on any atom is -0.449 e. The molecule has 0 fully saturated rings. The van der Waals surface area contributed by atoms with E-state index in [1.54, 1.807) is 12.1 Å². The lowest BCUT2D eigenvalue weighted by molar-refractivity contribution is -0.116. The fourth-order valence-corrected chi connectivity index (χ4v) is 4.42. The zero-order chi connectivity index (χ0) is 23.4. The number of amides is 1. The first kappa shape index (κ1) is 22.4. The van der Waals surface area contributed by atoms with Crippen LogP contribution in [0.2, 0.25) is 0 Å². The zero-order valence-corrected chi connectivity index (χ0v) is 18.8. The number of carbonyl (C=O) groups is 2. The van der Waals surface area contributed by atoms with Gasteiger partial charge in [-0.25, -0.2) is 4.79 Å². The molecule has 1 unspecified atom stereocenters. The average Bonchev–Trinajstić information content (AvgIpc) is 2.77. The number of rotatable bonds is 6. The van der Waals surface area contributed by atoms with Gasteiger partial charge < -0.3 is 20.5 Å². The molecule has 3 aromatic carbocycles. The molecule has 1 atom stereocenters. The smallest absolute Gasteiger partial charge is 0.449 e. The summed E-state index contributed by atoms with van der Waals surface area (Å²) in [6.07, 6.45) is 0.562. The Hall–Kier alpha value is -3.80. The summed E-state index contributed by atoms with van der Waals surface area (Å²) in [6, 6.07) is 23.2. The standard InChI is InChI=1S/C27H28N2O4/c1-27(2)17-20-16-22(33-26(31)32)12-13-23(20)29-25(27)19-9-6-10-21(15-19)28-24(30)14-11-18-7-4-3-5-8-18/h3-10,12-13,15-16,25,29H,11,14,17H2,1-2H3,(H,28,30)(H,31,32). The molecule has 0 saturated heterocycles. The predicted molar refractivity (Wildman–Crippen MR) is 129 cm³/mol. The first-order valence-electron chi connectivity index (χ1n) is 11.0. The van der Waals surface area contributed by atoms with E-state index >= 15 is 0 Å². The van der Waals surface area contributed by atoms with Crippen molar-refractivity contribution in [1.29, 1.82) is 0 Å². The van der Waals surface area contributed by atoms with Crippen molar-refractivity contribution in [3.05, 3.63) is 89.5 Å². The van der Waals surface area contributed by atoms with Crippen molar-refractivity contribution in [2.45, 2.75) is 39.2 Å². The van der Waals surface area contributed by atoms with Crippen LogP contribution in [0.25, 0.3) is 0 Å². The van der Waals surface area contributed by atoms with Crippen LogP contribution < -0.4 is 15.4 Å². The largest absolute Gasteiger partial charge is 0.511 e. The number of carbonyl (C=O) groups excluding carboxylic acids is 1. The van der Waals surface area contributed by atoms with Crippen LogP contribution in [-0.2, 0) is 17.6 Å². The van der Waals surface area contributed by atoms with E-state index in [0.717, 1.165) is 34.5 Å². The second-order valence-corrected chi connectivity index (χ2v) is 9.09. The fraction of sp³-hybridized carbons (Fsp3) is 0.259. The van der Waals surface area contributed by atoms with E-state index in [1.165, 1.54) is 0 Å². The maximum Gasteiger partial charge on any atom is 0.511 e. The third kappa shape index (κ3) is 5.52. The first-order valence-corrected chi connectivity index (χ1v) is 11.0. The van der Waals surface area contributed by atoms with Crippen LogP contribution in [0.1, 0.15) is 43.0 Å². The molecule has 3 aromatic rings. The summed E-state index contributed by atoms with van der Waals surface area (Å²) in [5, 5.41) is 15.5. The van der Waals surface area contributed by atoms with Gasteiger partial charge in [0.2, 0.25) is 5.91 Å². The summed E-state index contributed by atoms with van der Waals surface area (Å²) in [4.78, 5) is 23.3. The van der Waals surface area contributed by atoms with Crippen molar-refractivity contribution in [1.82, 2.24) is 0 Å². The van der Waals surface area contributed by atoms with Gasteiger partial charge in [-0.15, -0.1) is 0 Å². The van der Waals surface area contributed by atoms with Crippen molar-refractivity contribution < 1.29 is 19.4 Å². The second kappa shape index (κ2) is 9.36. The summed E-state index contributed by atoms with van der Waals surface area (Å²) >= 11 is 0. The Labute approximate surface area is 193 Å². The number of fused-ring (bicyclic) bond motifs is 1. The minimum absolute atomic E-state index is 0.0110. The van der Waals surface area contributed by atoms with Gasteiger partial charge in [0.1, 0.15) is 5.75 Å². The number of ether oxygens (including phenoxy) is 1. The lowest BCUT2D eigenvalue weighted by Gasteiger charge is -2.41. The molecule has 6 heteroatoms. The molecule has 0 bridgehead atoms. The lowest BCUT2D eigenvalue weighted by atomic mass is 9.73. The van der Waals surface area contributed by atoms with E-state index in [0.29, 0.717) is 18.6 Å². The van der Waals surface area contributed by atoms with Crippen LogP contribution in [0.4, 0.5) is 16.2 Å². The van der Waals surface area contributed by atoms with Gasteiger partial charge in [-0.05, 0) is 65.3 Å². The number of aryl methyl sites for hydroxylation is 1. The van der Waals surface area contributed by atoms with Crippen molar-refractivity contribution in [2.75, 3.05) is 10.6 Å². The molecule has 0 saturated carbocycles. The van der Waals surface area contributed by atoms with E-state index < -0.39 is 6.16 Å². The quantitative estimate of drug-likeness (QED) is 0.318. The van der Waals surface area contributed by atoms with Gasteiger partial charge in [-0.2, -0.15) is 0 Å². The number of carboxylic acid groups (broad SMARTS) is 1. The minimum atomic E-state index is -1.32. The number of benzene rings is 3. The van der Waals surface area contributed by atoms with Crippen LogP contribution in [0.15, 0.2) is 72.8 Å². The highest BCUT2D eigenvalue weighted by atomic mass is 16.7. The highest BCUT2D eigenvalue weighted by Gasteiger charge is 2.36. The third-order valence-corrected chi connectivity index (χ3v) is 6.00. The molecular weight excluding hydrogens is 416 g/mol. The summed E-state index contributed by atoms with van der Waals surface area (Å²) < 4.78 is 4.81. The molecule has 0 spiro atoms. The van der Waals surface area contributed by atoms with E-state index in [9.17, 15) is 9.59 Å². The van der Waals surface area contributed by atoms with Crippen LogP contribution in [0.5, 0.6) is 5.75 Å². The molecule has 0 radical (unpaired) electrons.